The highest BCUT2D eigenvalue weighted by Crippen LogP contribution is 2.35. The molecule has 2 atom stereocenters. The largest absolute Gasteiger partial charge is 0.417 e. The van der Waals surface area contributed by atoms with E-state index in [1.165, 1.54) is 24.9 Å². The lowest BCUT2D eigenvalue weighted by Gasteiger charge is -2.42. The van der Waals surface area contributed by atoms with Gasteiger partial charge in [0.15, 0.2) is 5.58 Å². The number of aryl methyl sites for hydroxylation is 1. The number of nitrogens with one attached hydrogen (secondary N) is 3. The molecule has 2 bridgehead atoms. The second-order valence-electron chi connectivity index (χ2n) is 9.11. The summed E-state index contributed by atoms with van der Waals surface area (Å²) in [4.78, 5) is 28.2. The van der Waals surface area contributed by atoms with Crippen LogP contribution in [0.4, 0.5) is 28.8 Å². The molecule has 2 aliphatic heterocycles. The molecule has 2 unspecified atom stereocenters. The van der Waals surface area contributed by atoms with Gasteiger partial charge in [-0.15, -0.1) is 0 Å². The van der Waals surface area contributed by atoms with Crippen LogP contribution in [-0.4, -0.2) is 45.7 Å². The molecule has 2 saturated heterocycles. The van der Waals surface area contributed by atoms with E-state index >= 15 is 0 Å². The van der Waals surface area contributed by atoms with Crippen LogP contribution in [0, 0.1) is 6.92 Å². The first-order valence-corrected chi connectivity index (χ1v) is 11.6. The zero-order chi connectivity index (χ0) is 23.2. The summed E-state index contributed by atoms with van der Waals surface area (Å²) in [5.41, 5.74) is 5.04. The molecule has 2 aliphatic rings. The molecule has 6 rings (SSSR count). The van der Waals surface area contributed by atoms with E-state index in [9.17, 15) is 4.79 Å². The first kappa shape index (κ1) is 20.7. The lowest BCUT2D eigenvalue weighted by molar-refractivity contribution is 0.192. The molecule has 0 aliphatic carbocycles. The number of oxazole rings is 1. The van der Waals surface area contributed by atoms with Crippen molar-refractivity contribution in [1.29, 1.82) is 0 Å². The van der Waals surface area contributed by atoms with Crippen molar-refractivity contribution in [3.05, 3.63) is 64.8 Å². The van der Waals surface area contributed by atoms with Crippen molar-refractivity contribution in [2.75, 3.05) is 29.1 Å². The molecule has 2 aromatic heterocycles. The smallest absolute Gasteiger partial charge is 0.408 e. The minimum Gasteiger partial charge on any atom is -0.408 e. The third-order valence-corrected chi connectivity index (χ3v) is 6.98. The van der Waals surface area contributed by atoms with Gasteiger partial charge in [-0.1, -0.05) is 0 Å². The number of fused-ring (bicyclic) bond motifs is 3. The maximum atomic E-state index is 11.4. The summed E-state index contributed by atoms with van der Waals surface area (Å²) in [5, 5.41) is 6.61. The molecule has 2 fully saturated rings. The van der Waals surface area contributed by atoms with Crippen LogP contribution in [0.3, 0.4) is 0 Å². The maximum absolute atomic E-state index is 11.4. The summed E-state index contributed by atoms with van der Waals surface area (Å²) in [6.45, 7) is 3.06. The number of H-pyrrole nitrogens is 1. The summed E-state index contributed by atoms with van der Waals surface area (Å²) < 4.78 is 5.07. The van der Waals surface area contributed by atoms with E-state index in [1.54, 1.807) is 12.3 Å². The molecule has 9 nitrogen and oxygen atoms in total. The minimum absolute atomic E-state index is 0.470. The first-order chi connectivity index (χ1) is 16.5. The summed E-state index contributed by atoms with van der Waals surface area (Å²) in [6, 6.07) is 14.7. The second kappa shape index (κ2) is 8.18. The Kier molecular flexibility index (Phi) is 4.99. The van der Waals surface area contributed by atoms with Gasteiger partial charge in [0, 0.05) is 41.4 Å². The Bertz CT molecular complexity index is 1390. The van der Waals surface area contributed by atoms with Gasteiger partial charge in [-0.3, -0.25) is 9.88 Å². The molecule has 9 heteroatoms. The first-order valence-electron chi connectivity index (χ1n) is 11.6. The van der Waals surface area contributed by atoms with Gasteiger partial charge < -0.3 is 20.0 Å². The van der Waals surface area contributed by atoms with Gasteiger partial charge in [0.05, 0.1) is 11.7 Å². The van der Waals surface area contributed by atoms with E-state index in [0.29, 0.717) is 29.0 Å². The average molecular weight is 458 g/mol. The Morgan fingerprint density at radius 2 is 1.88 bits per heavy atom. The van der Waals surface area contributed by atoms with E-state index < -0.39 is 5.76 Å². The van der Waals surface area contributed by atoms with Crippen LogP contribution in [0.15, 0.2) is 57.9 Å². The fourth-order valence-corrected chi connectivity index (χ4v) is 5.11. The van der Waals surface area contributed by atoms with Crippen LogP contribution in [0.2, 0.25) is 0 Å². The topological polar surface area (TPSA) is 102 Å². The third-order valence-electron chi connectivity index (χ3n) is 6.98. The minimum atomic E-state index is -0.470. The third kappa shape index (κ3) is 3.77. The number of aromatic amines is 1. The Hall–Kier alpha value is -3.85. The maximum Gasteiger partial charge on any atom is 0.417 e. The monoisotopic (exact) mass is 457 g/mol. The van der Waals surface area contributed by atoms with Crippen molar-refractivity contribution in [2.45, 2.75) is 38.4 Å². The van der Waals surface area contributed by atoms with E-state index in [2.05, 4.69) is 66.7 Å². The van der Waals surface area contributed by atoms with Gasteiger partial charge in [0.1, 0.15) is 5.82 Å². The molecule has 2 aromatic carbocycles. The Morgan fingerprint density at radius 3 is 2.74 bits per heavy atom. The van der Waals surface area contributed by atoms with Crippen LogP contribution in [-0.2, 0) is 0 Å². The van der Waals surface area contributed by atoms with Crippen LogP contribution in [0.25, 0.3) is 11.1 Å². The van der Waals surface area contributed by atoms with Crippen molar-refractivity contribution in [2.24, 2.45) is 0 Å². The van der Waals surface area contributed by atoms with Crippen molar-refractivity contribution in [3.8, 4) is 0 Å². The Labute approximate surface area is 196 Å². The summed E-state index contributed by atoms with van der Waals surface area (Å²) >= 11 is 0. The van der Waals surface area contributed by atoms with Crippen LogP contribution in [0.5, 0.6) is 0 Å². The number of nitrogens with zero attached hydrogens (tertiary/aromatic N) is 4. The van der Waals surface area contributed by atoms with E-state index in [-0.39, 0.29) is 0 Å². The van der Waals surface area contributed by atoms with Gasteiger partial charge in [0.2, 0.25) is 5.95 Å². The predicted molar refractivity (Wildman–Crippen MR) is 133 cm³/mol. The highest BCUT2D eigenvalue weighted by atomic mass is 16.4. The molecular weight excluding hydrogens is 430 g/mol. The van der Waals surface area contributed by atoms with Gasteiger partial charge in [-0.25, -0.2) is 9.78 Å². The molecule has 0 spiro atoms. The van der Waals surface area contributed by atoms with Crippen molar-refractivity contribution < 1.29 is 4.42 Å². The SMILES string of the molecule is Cc1cnc(Nc2ccc(N3CCC4CCC3N4C)cc2)nc1Nc1ccc2oc(=O)[nH]c2c1. The second-order valence-corrected chi connectivity index (χ2v) is 9.11. The number of rotatable bonds is 5. The highest BCUT2D eigenvalue weighted by Gasteiger charge is 2.38. The highest BCUT2D eigenvalue weighted by molar-refractivity contribution is 5.78. The fourth-order valence-electron chi connectivity index (χ4n) is 5.11. The van der Waals surface area contributed by atoms with Crippen molar-refractivity contribution in [1.82, 2.24) is 19.9 Å². The normalized spacial score (nSPS) is 20.1. The molecule has 3 N–H and O–H groups in total. The molecule has 0 saturated carbocycles. The number of hydrogen-bond acceptors (Lipinski definition) is 8. The van der Waals surface area contributed by atoms with Gasteiger partial charge in [-0.2, -0.15) is 4.98 Å². The zero-order valence-corrected chi connectivity index (χ0v) is 19.2. The molecule has 0 radical (unpaired) electrons. The molecule has 174 valence electrons. The molecule has 34 heavy (non-hydrogen) atoms. The van der Waals surface area contributed by atoms with Gasteiger partial charge in [0.25, 0.3) is 0 Å². The van der Waals surface area contributed by atoms with E-state index in [1.807, 2.05) is 19.1 Å². The van der Waals surface area contributed by atoms with Crippen LogP contribution >= 0.6 is 0 Å². The molecule has 4 heterocycles. The number of anilines is 5. The quantitative estimate of drug-likeness (QED) is 0.407. The Balaban J connectivity index is 1.18. The van der Waals surface area contributed by atoms with Crippen LogP contribution in [0.1, 0.15) is 24.8 Å². The van der Waals surface area contributed by atoms with Crippen LogP contribution < -0.4 is 21.3 Å². The lowest BCUT2D eigenvalue weighted by Crippen LogP contribution is -2.51. The summed E-state index contributed by atoms with van der Waals surface area (Å²) in [7, 11) is 2.25. The summed E-state index contributed by atoms with van der Waals surface area (Å²) in [6.07, 6.45) is 6.05. The number of benzene rings is 2. The van der Waals surface area contributed by atoms with E-state index in [0.717, 1.165) is 29.5 Å². The molecule has 0 amide bonds. The Morgan fingerprint density at radius 1 is 1.06 bits per heavy atom. The lowest BCUT2D eigenvalue weighted by atomic mass is 10.1. The molecular formula is C25H27N7O2. The fraction of sp³-hybridized carbons (Fsp3) is 0.320. The van der Waals surface area contributed by atoms with Gasteiger partial charge >= 0.3 is 5.76 Å². The summed E-state index contributed by atoms with van der Waals surface area (Å²) in [5.74, 6) is 0.726. The zero-order valence-electron chi connectivity index (χ0n) is 19.2. The van der Waals surface area contributed by atoms with Gasteiger partial charge in [-0.05, 0) is 75.7 Å². The van der Waals surface area contributed by atoms with Crippen molar-refractivity contribution >= 4 is 39.9 Å². The number of hydrogen-bond donors (Lipinski definition) is 3. The van der Waals surface area contributed by atoms with E-state index in [4.69, 9.17) is 4.42 Å². The standard InChI is InChI=1S/C25H27N7O2/c1-15-14-26-24(30-23(15)27-17-5-9-21-20(13-17)29-25(33)34-21)28-16-3-6-19(7-4-16)32-12-11-18-8-10-22(32)31(18)2/h3-7,9,13-14,18,22H,8,10-12H2,1-2H3,(H,29,33)(H2,26,27,28,30). The molecule has 4 aromatic rings. The predicted octanol–water partition coefficient (Wildman–Crippen LogP) is 4.34. The van der Waals surface area contributed by atoms with Crippen molar-refractivity contribution in [3.63, 3.8) is 0 Å². The average Bonchev–Trinajstić information content (AvgIpc) is 3.29. The number of aromatic nitrogens is 3.